The fraction of sp³-hybridized carbons (Fsp3) is 0.909. The zero-order valence-electron chi connectivity index (χ0n) is 9.70. The lowest BCUT2D eigenvalue weighted by Gasteiger charge is -2.27. The largest absolute Gasteiger partial charge is 0.323 e. The predicted molar refractivity (Wildman–Crippen MR) is 59.8 cm³/mol. The van der Waals surface area contributed by atoms with E-state index in [-0.39, 0.29) is 6.03 Å². The Bertz CT molecular complexity index is 238. The lowest BCUT2D eigenvalue weighted by Crippen LogP contribution is -2.39. The summed E-state index contributed by atoms with van der Waals surface area (Å²) in [5.74, 6) is 0.654. The standard InChI is InChI=1S/C11H21N3O/c1-9-7-14(11(15)13(9)2)8-10-4-3-5-12-6-10/h9-10,12H,3-8H2,1-2H3. The fourth-order valence-electron chi connectivity index (χ4n) is 2.48. The van der Waals surface area contributed by atoms with Gasteiger partial charge in [-0.3, -0.25) is 0 Å². The van der Waals surface area contributed by atoms with E-state index in [0.29, 0.717) is 12.0 Å². The monoisotopic (exact) mass is 211 g/mol. The maximum Gasteiger partial charge on any atom is 0.320 e. The third-order valence-electron chi connectivity index (χ3n) is 3.60. The highest BCUT2D eigenvalue weighted by atomic mass is 16.2. The molecule has 0 aromatic rings. The van der Waals surface area contributed by atoms with Crippen LogP contribution in [0.1, 0.15) is 19.8 Å². The van der Waals surface area contributed by atoms with E-state index in [0.717, 1.165) is 26.2 Å². The molecule has 0 radical (unpaired) electrons. The van der Waals surface area contributed by atoms with E-state index in [1.165, 1.54) is 12.8 Å². The van der Waals surface area contributed by atoms with Crippen LogP contribution in [0.4, 0.5) is 4.79 Å². The second kappa shape index (κ2) is 4.39. The minimum Gasteiger partial charge on any atom is -0.323 e. The van der Waals surface area contributed by atoms with Crippen LogP contribution in [-0.2, 0) is 0 Å². The minimum atomic E-state index is 0.202. The maximum absolute atomic E-state index is 11.8. The second-order valence-electron chi connectivity index (χ2n) is 4.86. The van der Waals surface area contributed by atoms with Gasteiger partial charge in [0.05, 0.1) is 0 Å². The number of carbonyl (C=O) groups excluding carboxylic acids is 1. The van der Waals surface area contributed by atoms with Gasteiger partial charge in [-0.25, -0.2) is 4.79 Å². The molecule has 2 aliphatic heterocycles. The molecular weight excluding hydrogens is 190 g/mol. The van der Waals surface area contributed by atoms with E-state index in [2.05, 4.69) is 12.2 Å². The first kappa shape index (κ1) is 10.7. The first-order valence-electron chi connectivity index (χ1n) is 5.91. The van der Waals surface area contributed by atoms with Crippen molar-refractivity contribution in [1.82, 2.24) is 15.1 Å². The summed E-state index contributed by atoms with van der Waals surface area (Å²) in [5.41, 5.74) is 0. The molecule has 2 heterocycles. The van der Waals surface area contributed by atoms with Crippen molar-refractivity contribution in [2.75, 3.05) is 33.2 Å². The lowest BCUT2D eigenvalue weighted by molar-refractivity contribution is 0.186. The molecular formula is C11H21N3O. The van der Waals surface area contributed by atoms with Crippen LogP contribution >= 0.6 is 0 Å². The summed E-state index contributed by atoms with van der Waals surface area (Å²) in [5, 5.41) is 3.39. The molecule has 0 aliphatic carbocycles. The molecule has 2 saturated heterocycles. The van der Waals surface area contributed by atoms with Gasteiger partial charge in [-0.15, -0.1) is 0 Å². The highest BCUT2D eigenvalue weighted by molar-refractivity contribution is 5.76. The summed E-state index contributed by atoms with van der Waals surface area (Å²) < 4.78 is 0. The van der Waals surface area contributed by atoms with Crippen molar-refractivity contribution < 1.29 is 4.79 Å². The molecule has 86 valence electrons. The van der Waals surface area contributed by atoms with Gasteiger partial charge in [-0.1, -0.05) is 0 Å². The molecule has 2 unspecified atom stereocenters. The van der Waals surface area contributed by atoms with Crippen molar-refractivity contribution >= 4 is 6.03 Å². The molecule has 2 rings (SSSR count). The molecule has 0 aromatic carbocycles. The maximum atomic E-state index is 11.8. The van der Waals surface area contributed by atoms with Crippen molar-refractivity contribution in [2.45, 2.75) is 25.8 Å². The third kappa shape index (κ3) is 2.25. The summed E-state index contributed by atoms with van der Waals surface area (Å²) in [6.45, 7) is 6.14. The number of nitrogens with one attached hydrogen (secondary N) is 1. The summed E-state index contributed by atoms with van der Waals surface area (Å²) >= 11 is 0. The molecule has 4 heteroatoms. The van der Waals surface area contributed by atoms with Crippen LogP contribution < -0.4 is 5.32 Å². The molecule has 4 nitrogen and oxygen atoms in total. The molecule has 0 saturated carbocycles. The van der Waals surface area contributed by atoms with Crippen molar-refractivity contribution in [1.29, 1.82) is 0 Å². The van der Waals surface area contributed by atoms with E-state index < -0.39 is 0 Å². The zero-order valence-corrected chi connectivity index (χ0v) is 9.70. The quantitative estimate of drug-likeness (QED) is 0.731. The van der Waals surface area contributed by atoms with Gasteiger partial charge in [-0.05, 0) is 38.8 Å². The SMILES string of the molecule is CC1CN(CC2CCCNC2)C(=O)N1C. The van der Waals surface area contributed by atoms with Gasteiger partial charge >= 0.3 is 6.03 Å². The highest BCUT2D eigenvalue weighted by Gasteiger charge is 2.32. The number of rotatable bonds is 2. The van der Waals surface area contributed by atoms with Crippen LogP contribution in [-0.4, -0.2) is 55.1 Å². The van der Waals surface area contributed by atoms with Crippen molar-refractivity contribution in [3.63, 3.8) is 0 Å². The summed E-state index contributed by atoms with van der Waals surface area (Å²) in [6, 6.07) is 0.571. The summed E-state index contributed by atoms with van der Waals surface area (Å²) in [4.78, 5) is 15.7. The number of hydrogen-bond donors (Lipinski definition) is 1. The zero-order chi connectivity index (χ0) is 10.8. The van der Waals surface area contributed by atoms with Crippen LogP contribution in [0.15, 0.2) is 0 Å². The Hall–Kier alpha value is -0.770. The Kier molecular flexibility index (Phi) is 3.14. The van der Waals surface area contributed by atoms with E-state index in [1.807, 2.05) is 16.8 Å². The van der Waals surface area contributed by atoms with Gasteiger partial charge in [0.15, 0.2) is 0 Å². The van der Waals surface area contributed by atoms with Crippen LogP contribution in [0.5, 0.6) is 0 Å². The van der Waals surface area contributed by atoms with E-state index in [9.17, 15) is 4.79 Å². The van der Waals surface area contributed by atoms with Crippen LogP contribution in [0, 0.1) is 5.92 Å². The van der Waals surface area contributed by atoms with Gasteiger partial charge in [-0.2, -0.15) is 0 Å². The number of amides is 2. The third-order valence-corrected chi connectivity index (χ3v) is 3.60. The molecule has 0 spiro atoms. The molecule has 1 N–H and O–H groups in total. The van der Waals surface area contributed by atoms with Crippen molar-refractivity contribution in [2.24, 2.45) is 5.92 Å². The lowest BCUT2D eigenvalue weighted by atomic mass is 9.99. The number of urea groups is 1. The molecule has 0 aromatic heterocycles. The first-order chi connectivity index (χ1) is 7.18. The molecule has 2 amide bonds. The number of carbonyl (C=O) groups is 1. The Morgan fingerprint density at radius 1 is 1.53 bits per heavy atom. The summed E-state index contributed by atoms with van der Waals surface area (Å²) in [6.07, 6.45) is 2.51. The summed E-state index contributed by atoms with van der Waals surface area (Å²) in [7, 11) is 1.89. The number of hydrogen-bond acceptors (Lipinski definition) is 2. The molecule has 0 bridgehead atoms. The van der Waals surface area contributed by atoms with E-state index >= 15 is 0 Å². The van der Waals surface area contributed by atoms with Gasteiger partial charge < -0.3 is 15.1 Å². The Morgan fingerprint density at radius 2 is 2.33 bits per heavy atom. The molecule has 2 fully saturated rings. The van der Waals surface area contributed by atoms with Gasteiger partial charge in [0.1, 0.15) is 0 Å². The minimum absolute atomic E-state index is 0.202. The normalized spacial score (nSPS) is 32.5. The Morgan fingerprint density at radius 3 is 2.87 bits per heavy atom. The fourth-order valence-corrected chi connectivity index (χ4v) is 2.48. The number of piperidine rings is 1. The van der Waals surface area contributed by atoms with Gasteiger partial charge in [0.2, 0.25) is 0 Å². The van der Waals surface area contributed by atoms with Crippen molar-refractivity contribution in [3.8, 4) is 0 Å². The van der Waals surface area contributed by atoms with Crippen LogP contribution in [0.25, 0.3) is 0 Å². The molecule has 2 atom stereocenters. The second-order valence-corrected chi connectivity index (χ2v) is 4.86. The van der Waals surface area contributed by atoms with Crippen LogP contribution in [0.3, 0.4) is 0 Å². The smallest absolute Gasteiger partial charge is 0.320 e. The van der Waals surface area contributed by atoms with E-state index in [1.54, 1.807) is 0 Å². The van der Waals surface area contributed by atoms with Gasteiger partial charge in [0, 0.05) is 26.2 Å². The molecule has 2 aliphatic rings. The Labute approximate surface area is 91.6 Å². The molecule has 15 heavy (non-hydrogen) atoms. The van der Waals surface area contributed by atoms with Crippen molar-refractivity contribution in [3.05, 3.63) is 0 Å². The number of likely N-dealkylation sites (N-methyl/N-ethyl adjacent to an activating group) is 1. The topological polar surface area (TPSA) is 35.6 Å². The highest BCUT2D eigenvalue weighted by Crippen LogP contribution is 2.18. The van der Waals surface area contributed by atoms with E-state index in [4.69, 9.17) is 0 Å². The average Bonchev–Trinajstić information content (AvgIpc) is 2.48. The Balaban J connectivity index is 1.86. The number of nitrogens with zero attached hydrogens (tertiary/aromatic N) is 2. The predicted octanol–water partition coefficient (Wildman–Crippen LogP) is 0.742. The average molecular weight is 211 g/mol. The van der Waals surface area contributed by atoms with Gasteiger partial charge in [0.25, 0.3) is 0 Å². The van der Waals surface area contributed by atoms with Crippen LogP contribution in [0.2, 0.25) is 0 Å². The first-order valence-corrected chi connectivity index (χ1v) is 5.91.